The molecule has 7 heteroatoms. The number of aryl methyl sites for hydroxylation is 1. The maximum Gasteiger partial charge on any atom is 0.277 e. The highest BCUT2D eigenvalue weighted by Gasteiger charge is 2.07. The summed E-state index contributed by atoms with van der Waals surface area (Å²) < 4.78 is 6.20. The summed E-state index contributed by atoms with van der Waals surface area (Å²) in [6, 6.07) is 5.67. The van der Waals surface area contributed by atoms with Gasteiger partial charge in [-0.1, -0.05) is 6.07 Å². The van der Waals surface area contributed by atoms with E-state index in [9.17, 15) is 9.59 Å². The van der Waals surface area contributed by atoms with Crippen molar-refractivity contribution in [3.63, 3.8) is 0 Å². The van der Waals surface area contributed by atoms with Crippen LogP contribution in [0.15, 0.2) is 27.8 Å². The number of benzene rings is 1. The van der Waals surface area contributed by atoms with Gasteiger partial charge >= 0.3 is 0 Å². The molecule has 0 bridgehead atoms. The van der Waals surface area contributed by atoms with E-state index < -0.39 is 0 Å². The van der Waals surface area contributed by atoms with E-state index in [1.807, 2.05) is 32.9 Å². The molecule has 0 aliphatic heterocycles. The van der Waals surface area contributed by atoms with E-state index >= 15 is 0 Å². The maximum atomic E-state index is 11.7. The molecular formula is C16H22BrN3O3. The lowest BCUT2D eigenvalue weighted by Crippen LogP contribution is -2.32. The minimum absolute atomic E-state index is 0.0752. The number of hydrogen-bond acceptors (Lipinski definition) is 4. The minimum Gasteiger partial charge on any atom is -0.483 e. The highest BCUT2D eigenvalue weighted by molar-refractivity contribution is 9.10. The number of nitrogens with one attached hydrogen (secondary N) is 2. The largest absolute Gasteiger partial charge is 0.483 e. The molecule has 0 saturated heterocycles. The van der Waals surface area contributed by atoms with Crippen LogP contribution in [0.5, 0.6) is 5.75 Å². The molecule has 0 unspecified atom stereocenters. The third-order valence-electron chi connectivity index (χ3n) is 2.68. The van der Waals surface area contributed by atoms with Crippen LogP contribution in [0.3, 0.4) is 0 Å². The summed E-state index contributed by atoms with van der Waals surface area (Å²) in [5.41, 5.74) is 3.98. The van der Waals surface area contributed by atoms with Gasteiger partial charge in [0.25, 0.3) is 5.91 Å². The minimum atomic E-state index is -0.388. The SMILES string of the molecule is C/C(CC(=O)NC(C)C)=N\NC(=O)COc1ccc(C)cc1Br. The van der Waals surface area contributed by atoms with Gasteiger partial charge in [-0.25, -0.2) is 5.43 Å². The summed E-state index contributed by atoms with van der Waals surface area (Å²) in [4.78, 5) is 23.3. The third kappa shape index (κ3) is 7.78. The normalized spacial score (nSPS) is 11.3. The van der Waals surface area contributed by atoms with Gasteiger partial charge in [0.2, 0.25) is 5.91 Å². The zero-order valence-electron chi connectivity index (χ0n) is 13.8. The first-order valence-electron chi connectivity index (χ1n) is 7.28. The average Bonchev–Trinajstić information content (AvgIpc) is 2.43. The molecule has 1 rings (SSSR count). The molecule has 1 aromatic carbocycles. The highest BCUT2D eigenvalue weighted by atomic mass is 79.9. The Morgan fingerprint density at radius 3 is 2.61 bits per heavy atom. The van der Waals surface area contributed by atoms with Crippen LogP contribution in [-0.4, -0.2) is 30.2 Å². The third-order valence-corrected chi connectivity index (χ3v) is 3.30. The van der Waals surface area contributed by atoms with Crippen molar-refractivity contribution < 1.29 is 14.3 Å². The lowest BCUT2D eigenvalue weighted by atomic mass is 10.2. The second kappa shape index (κ2) is 9.29. The molecule has 0 aliphatic rings. The van der Waals surface area contributed by atoms with E-state index in [1.54, 1.807) is 13.0 Å². The Kier molecular flexibility index (Phi) is 7.74. The smallest absolute Gasteiger partial charge is 0.277 e. The molecule has 0 aliphatic carbocycles. The quantitative estimate of drug-likeness (QED) is 0.560. The summed E-state index contributed by atoms with van der Waals surface area (Å²) in [7, 11) is 0. The van der Waals surface area contributed by atoms with Crippen molar-refractivity contribution in [1.29, 1.82) is 0 Å². The zero-order chi connectivity index (χ0) is 17.4. The first-order chi connectivity index (χ1) is 10.8. The van der Waals surface area contributed by atoms with E-state index in [-0.39, 0.29) is 30.9 Å². The van der Waals surface area contributed by atoms with E-state index in [1.165, 1.54) is 0 Å². The van der Waals surface area contributed by atoms with Crippen LogP contribution >= 0.6 is 15.9 Å². The maximum absolute atomic E-state index is 11.7. The molecule has 2 N–H and O–H groups in total. The Bertz CT molecular complexity index is 600. The summed E-state index contributed by atoms with van der Waals surface area (Å²) >= 11 is 3.38. The summed E-state index contributed by atoms with van der Waals surface area (Å²) in [5, 5.41) is 6.64. The highest BCUT2D eigenvalue weighted by Crippen LogP contribution is 2.25. The van der Waals surface area contributed by atoms with Crippen molar-refractivity contribution in [2.24, 2.45) is 5.10 Å². The molecule has 0 saturated carbocycles. The van der Waals surface area contributed by atoms with E-state index in [2.05, 4.69) is 31.8 Å². The standard InChI is InChI=1S/C16H22BrN3O3/c1-10(2)18-15(21)8-12(4)19-20-16(22)9-23-14-6-5-11(3)7-13(14)17/h5-7,10H,8-9H2,1-4H3,(H,18,21)(H,20,22)/b19-12+. The average molecular weight is 384 g/mol. The Morgan fingerprint density at radius 2 is 2.00 bits per heavy atom. The summed E-state index contributed by atoms with van der Waals surface area (Å²) in [6.07, 6.45) is 0.142. The number of rotatable bonds is 7. The van der Waals surface area contributed by atoms with Crippen molar-refractivity contribution in [3.05, 3.63) is 28.2 Å². The fraction of sp³-hybridized carbons (Fsp3) is 0.438. The van der Waals surface area contributed by atoms with Crippen LogP contribution in [0.4, 0.5) is 0 Å². The molecule has 0 fully saturated rings. The van der Waals surface area contributed by atoms with Gasteiger partial charge < -0.3 is 10.1 Å². The molecule has 0 radical (unpaired) electrons. The second-order valence-electron chi connectivity index (χ2n) is 5.50. The predicted molar refractivity (Wildman–Crippen MR) is 93.5 cm³/mol. The molecule has 0 heterocycles. The molecule has 0 spiro atoms. The van der Waals surface area contributed by atoms with Crippen molar-refractivity contribution in [2.45, 2.75) is 40.2 Å². The van der Waals surface area contributed by atoms with Crippen LogP contribution in [-0.2, 0) is 9.59 Å². The molecule has 23 heavy (non-hydrogen) atoms. The Hall–Kier alpha value is -1.89. The number of carbonyl (C=O) groups excluding carboxylic acids is 2. The van der Waals surface area contributed by atoms with Crippen molar-refractivity contribution in [3.8, 4) is 5.75 Å². The fourth-order valence-electron chi connectivity index (χ4n) is 1.70. The van der Waals surface area contributed by atoms with E-state index in [0.29, 0.717) is 11.5 Å². The first-order valence-corrected chi connectivity index (χ1v) is 8.07. The van der Waals surface area contributed by atoms with E-state index in [0.717, 1.165) is 10.0 Å². The number of ether oxygens (including phenoxy) is 1. The van der Waals surface area contributed by atoms with Crippen molar-refractivity contribution >= 4 is 33.5 Å². The van der Waals surface area contributed by atoms with Gasteiger partial charge in [0, 0.05) is 11.8 Å². The van der Waals surface area contributed by atoms with Crippen LogP contribution < -0.4 is 15.5 Å². The Balaban J connectivity index is 2.41. The molecule has 2 amide bonds. The molecule has 0 atom stereocenters. The Morgan fingerprint density at radius 1 is 1.30 bits per heavy atom. The molecule has 126 valence electrons. The topological polar surface area (TPSA) is 79.8 Å². The number of hydrogen-bond donors (Lipinski definition) is 2. The van der Waals surface area contributed by atoms with Gasteiger partial charge in [-0.05, 0) is 61.3 Å². The molecule has 1 aromatic rings. The number of amides is 2. The predicted octanol–water partition coefficient (Wildman–Crippen LogP) is 2.54. The molecular weight excluding hydrogens is 362 g/mol. The molecule has 6 nitrogen and oxygen atoms in total. The van der Waals surface area contributed by atoms with Crippen LogP contribution in [0.1, 0.15) is 32.8 Å². The van der Waals surface area contributed by atoms with Gasteiger partial charge in [0.05, 0.1) is 10.9 Å². The monoisotopic (exact) mass is 383 g/mol. The lowest BCUT2D eigenvalue weighted by Gasteiger charge is -2.09. The number of carbonyl (C=O) groups is 2. The fourth-order valence-corrected chi connectivity index (χ4v) is 2.31. The molecule has 0 aromatic heterocycles. The number of halogens is 1. The van der Waals surface area contributed by atoms with E-state index in [4.69, 9.17) is 4.74 Å². The number of hydrazone groups is 1. The van der Waals surface area contributed by atoms with Crippen LogP contribution in [0, 0.1) is 6.92 Å². The van der Waals surface area contributed by atoms with Gasteiger partial charge in [0.1, 0.15) is 5.75 Å². The lowest BCUT2D eigenvalue weighted by molar-refractivity contribution is -0.123. The first kappa shape index (κ1) is 19.2. The van der Waals surface area contributed by atoms with Crippen molar-refractivity contribution in [1.82, 2.24) is 10.7 Å². The van der Waals surface area contributed by atoms with Gasteiger partial charge in [-0.15, -0.1) is 0 Å². The van der Waals surface area contributed by atoms with Gasteiger partial charge in [0.15, 0.2) is 6.61 Å². The van der Waals surface area contributed by atoms with Gasteiger partial charge in [-0.3, -0.25) is 9.59 Å². The zero-order valence-corrected chi connectivity index (χ0v) is 15.4. The summed E-state index contributed by atoms with van der Waals surface area (Å²) in [5.74, 6) is 0.0687. The van der Waals surface area contributed by atoms with Crippen LogP contribution in [0.2, 0.25) is 0 Å². The second-order valence-corrected chi connectivity index (χ2v) is 6.36. The number of nitrogens with zero attached hydrogens (tertiary/aromatic N) is 1. The van der Waals surface area contributed by atoms with Crippen LogP contribution in [0.25, 0.3) is 0 Å². The summed E-state index contributed by atoms with van der Waals surface area (Å²) in [6.45, 7) is 7.25. The Labute approximate surface area is 144 Å². The van der Waals surface area contributed by atoms with Gasteiger partial charge in [-0.2, -0.15) is 5.10 Å². The van der Waals surface area contributed by atoms with Crippen molar-refractivity contribution in [2.75, 3.05) is 6.61 Å².